The van der Waals surface area contributed by atoms with Gasteiger partial charge in [0.05, 0.1) is 18.8 Å². The van der Waals surface area contributed by atoms with Crippen molar-refractivity contribution in [1.29, 1.82) is 0 Å². The number of guanidine groups is 1. The van der Waals surface area contributed by atoms with E-state index in [1.807, 2.05) is 30.3 Å². The van der Waals surface area contributed by atoms with Crippen molar-refractivity contribution in [3.63, 3.8) is 0 Å². The van der Waals surface area contributed by atoms with Crippen molar-refractivity contribution in [2.24, 2.45) is 4.99 Å². The Bertz CT molecular complexity index is 787. The summed E-state index contributed by atoms with van der Waals surface area (Å²) in [6, 6.07) is 18.4. The fourth-order valence-electron chi connectivity index (χ4n) is 3.79. The largest absolute Gasteiger partial charge is 0.492 e. The molecule has 162 valence electrons. The van der Waals surface area contributed by atoms with Crippen LogP contribution < -0.4 is 15.4 Å². The van der Waals surface area contributed by atoms with Crippen molar-refractivity contribution in [1.82, 2.24) is 15.5 Å². The maximum atomic E-state index is 5.86. The minimum Gasteiger partial charge on any atom is -0.492 e. The predicted octanol–water partition coefficient (Wildman–Crippen LogP) is 3.04. The lowest BCUT2D eigenvalue weighted by atomic mass is 10.1. The molecular formula is C24H34N4O2. The number of morpholine rings is 1. The topological polar surface area (TPSA) is 58.1 Å². The van der Waals surface area contributed by atoms with Crippen LogP contribution in [0.1, 0.15) is 25.0 Å². The van der Waals surface area contributed by atoms with Crippen LogP contribution in [0.25, 0.3) is 0 Å². The molecular weight excluding hydrogens is 376 g/mol. The Balaban J connectivity index is 1.47. The molecule has 1 aliphatic heterocycles. The van der Waals surface area contributed by atoms with Crippen LogP contribution in [0.3, 0.4) is 0 Å². The summed E-state index contributed by atoms with van der Waals surface area (Å²) in [7, 11) is 1.79. The summed E-state index contributed by atoms with van der Waals surface area (Å²) in [5.41, 5.74) is 2.63. The number of nitrogens with one attached hydrogen (secondary N) is 2. The highest BCUT2D eigenvalue weighted by Gasteiger charge is 2.22. The first-order valence-corrected chi connectivity index (χ1v) is 10.7. The molecule has 1 saturated heterocycles. The summed E-state index contributed by atoms with van der Waals surface area (Å²) in [6.07, 6.45) is 0.556. The summed E-state index contributed by atoms with van der Waals surface area (Å²) in [6.45, 7) is 9.15. The number of nitrogens with zero attached hydrogens (tertiary/aromatic N) is 2. The molecule has 2 aromatic rings. The standard InChI is InChI=1S/C24H34N4O2/c1-19-16-28(17-20(2)30-19)18-22-10-8-7-9-21(22)15-27-24(25-3)26-13-14-29-23-11-5-4-6-12-23/h4-12,19-20H,13-18H2,1-3H3,(H2,25,26,27). The van der Waals surface area contributed by atoms with Crippen LogP contribution in [0.4, 0.5) is 0 Å². The van der Waals surface area contributed by atoms with Crippen LogP contribution in [-0.4, -0.2) is 56.4 Å². The Morgan fingerprint density at radius 2 is 1.67 bits per heavy atom. The van der Waals surface area contributed by atoms with E-state index in [0.29, 0.717) is 13.2 Å². The second-order valence-corrected chi connectivity index (χ2v) is 7.73. The number of aliphatic imine (C=N–C) groups is 1. The third kappa shape index (κ3) is 7.04. The second kappa shape index (κ2) is 11.6. The van der Waals surface area contributed by atoms with Crippen LogP contribution in [0.5, 0.6) is 5.75 Å². The van der Waals surface area contributed by atoms with Crippen LogP contribution in [-0.2, 0) is 17.8 Å². The van der Waals surface area contributed by atoms with E-state index in [1.54, 1.807) is 7.05 Å². The lowest BCUT2D eigenvalue weighted by molar-refractivity contribution is -0.0705. The zero-order chi connectivity index (χ0) is 21.2. The van der Waals surface area contributed by atoms with Gasteiger partial charge >= 0.3 is 0 Å². The predicted molar refractivity (Wildman–Crippen MR) is 122 cm³/mol. The zero-order valence-corrected chi connectivity index (χ0v) is 18.3. The fourth-order valence-corrected chi connectivity index (χ4v) is 3.79. The number of benzene rings is 2. The van der Waals surface area contributed by atoms with Gasteiger partial charge in [-0.1, -0.05) is 42.5 Å². The van der Waals surface area contributed by atoms with Gasteiger partial charge in [-0.05, 0) is 37.1 Å². The summed E-state index contributed by atoms with van der Waals surface area (Å²) in [5.74, 6) is 1.65. The lowest BCUT2D eigenvalue weighted by Gasteiger charge is -2.35. The molecule has 0 saturated carbocycles. The molecule has 0 spiro atoms. The maximum absolute atomic E-state index is 5.86. The van der Waals surface area contributed by atoms with Gasteiger partial charge in [0.2, 0.25) is 0 Å². The maximum Gasteiger partial charge on any atom is 0.191 e. The minimum absolute atomic E-state index is 0.278. The van der Waals surface area contributed by atoms with Crippen molar-refractivity contribution >= 4 is 5.96 Å². The average molecular weight is 411 g/mol. The SMILES string of the molecule is CN=C(NCCOc1ccccc1)NCc1ccccc1CN1CC(C)OC(C)C1. The van der Waals surface area contributed by atoms with E-state index >= 15 is 0 Å². The molecule has 1 fully saturated rings. The molecule has 2 atom stereocenters. The normalized spacial score (nSPS) is 20.0. The van der Waals surface area contributed by atoms with Gasteiger partial charge in [-0.2, -0.15) is 0 Å². The molecule has 0 bridgehead atoms. The monoisotopic (exact) mass is 410 g/mol. The molecule has 0 aromatic heterocycles. The molecule has 6 heteroatoms. The number of rotatable bonds is 8. The fraction of sp³-hybridized carbons (Fsp3) is 0.458. The molecule has 6 nitrogen and oxygen atoms in total. The van der Waals surface area contributed by atoms with Gasteiger partial charge in [-0.15, -0.1) is 0 Å². The van der Waals surface area contributed by atoms with E-state index in [9.17, 15) is 0 Å². The number of ether oxygens (including phenoxy) is 2. The first kappa shape index (κ1) is 22.1. The van der Waals surface area contributed by atoms with Gasteiger partial charge in [0.1, 0.15) is 12.4 Å². The third-order valence-electron chi connectivity index (χ3n) is 5.08. The van der Waals surface area contributed by atoms with Crippen molar-refractivity contribution < 1.29 is 9.47 Å². The Morgan fingerprint density at radius 3 is 2.37 bits per heavy atom. The van der Waals surface area contributed by atoms with Crippen molar-refractivity contribution in [3.05, 3.63) is 65.7 Å². The lowest BCUT2D eigenvalue weighted by Crippen LogP contribution is -2.45. The molecule has 0 radical (unpaired) electrons. The molecule has 2 N–H and O–H groups in total. The van der Waals surface area contributed by atoms with E-state index in [4.69, 9.17) is 9.47 Å². The van der Waals surface area contributed by atoms with Crippen LogP contribution in [0, 0.1) is 0 Å². The number of hydrogen-bond acceptors (Lipinski definition) is 4. The number of hydrogen-bond donors (Lipinski definition) is 2. The van der Waals surface area contributed by atoms with Gasteiger partial charge in [-0.25, -0.2) is 0 Å². The van der Waals surface area contributed by atoms with Crippen molar-refractivity contribution in [2.75, 3.05) is 33.3 Å². The summed E-state index contributed by atoms with van der Waals surface area (Å²) >= 11 is 0. The van der Waals surface area contributed by atoms with E-state index in [0.717, 1.165) is 37.9 Å². The molecule has 0 aliphatic carbocycles. The van der Waals surface area contributed by atoms with Gasteiger partial charge in [-0.3, -0.25) is 9.89 Å². The average Bonchev–Trinajstić information content (AvgIpc) is 2.74. The molecule has 1 heterocycles. The van der Waals surface area contributed by atoms with Crippen LogP contribution in [0.2, 0.25) is 0 Å². The first-order chi connectivity index (χ1) is 14.6. The summed E-state index contributed by atoms with van der Waals surface area (Å²) < 4.78 is 11.6. The molecule has 2 unspecified atom stereocenters. The van der Waals surface area contributed by atoms with E-state index in [-0.39, 0.29) is 12.2 Å². The van der Waals surface area contributed by atoms with Crippen LogP contribution in [0.15, 0.2) is 59.6 Å². The summed E-state index contributed by atoms with van der Waals surface area (Å²) in [4.78, 5) is 6.80. The van der Waals surface area contributed by atoms with Gasteiger partial charge in [0.25, 0.3) is 0 Å². The van der Waals surface area contributed by atoms with Gasteiger partial charge < -0.3 is 20.1 Å². The van der Waals surface area contributed by atoms with Gasteiger partial charge in [0, 0.05) is 33.2 Å². The molecule has 2 aromatic carbocycles. The third-order valence-corrected chi connectivity index (χ3v) is 5.08. The Morgan fingerprint density at radius 1 is 1.00 bits per heavy atom. The Kier molecular flexibility index (Phi) is 8.53. The van der Waals surface area contributed by atoms with Crippen molar-refractivity contribution in [3.8, 4) is 5.75 Å². The highest BCUT2D eigenvalue weighted by Crippen LogP contribution is 2.17. The van der Waals surface area contributed by atoms with Crippen LogP contribution >= 0.6 is 0 Å². The highest BCUT2D eigenvalue weighted by atomic mass is 16.5. The van der Waals surface area contributed by atoms with E-state index in [2.05, 4.69) is 58.6 Å². The minimum atomic E-state index is 0.278. The molecule has 30 heavy (non-hydrogen) atoms. The Labute approximate surface area is 180 Å². The highest BCUT2D eigenvalue weighted by molar-refractivity contribution is 5.79. The van der Waals surface area contributed by atoms with E-state index < -0.39 is 0 Å². The quantitative estimate of drug-likeness (QED) is 0.398. The Hall–Kier alpha value is -2.57. The first-order valence-electron chi connectivity index (χ1n) is 10.7. The van der Waals surface area contributed by atoms with E-state index in [1.165, 1.54) is 11.1 Å². The van der Waals surface area contributed by atoms with Gasteiger partial charge in [0.15, 0.2) is 5.96 Å². The zero-order valence-electron chi connectivity index (χ0n) is 18.3. The molecule has 1 aliphatic rings. The second-order valence-electron chi connectivity index (χ2n) is 7.73. The number of para-hydroxylation sites is 1. The molecule has 3 rings (SSSR count). The summed E-state index contributed by atoms with van der Waals surface area (Å²) in [5, 5.41) is 6.73. The smallest absolute Gasteiger partial charge is 0.191 e. The molecule has 0 amide bonds. The van der Waals surface area contributed by atoms with Crippen molar-refractivity contribution in [2.45, 2.75) is 39.1 Å².